The molecule has 0 bridgehead atoms. The Hall–Kier alpha value is -3.70. The summed E-state index contributed by atoms with van der Waals surface area (Å²) in [6.07, 6.45) is 3.78. The average molecular weight is 430 g/mol. The van der Waals surface area contributed by atoms with Gasteiger partial charge in [-0.1, -0.05) is 30.3 Å². The molecule has 2 aromatic carbocycles. The number of oxazole rings is 1. The van der Waals surface area contributed by atoms with Gasteiger partial charge in [-0.2, -0.15) is 4.98 Å². The predicted octanol–water partition coefficient (Wildman–Crippen LogP) is 4.65. The first-order valence-corrected chi connectivity index (χ1v) is 10.6. The van der Waals surface area contributed by atoms with E-state index >= 15 is 0 Å². The predicted molar refractivity (Wildman–Crippen MR) is 120 cm³/mol. The van der Waals surface area contributed by atoms with Crippen LogP contribution in [0.3, 0.4) is 0 Å². The van der Waals surface area contributed by atoms with Gasteiger partial charge in [0.05, 0.1) is 24.6 Å². The van der Waals surface area contributed by atoms with Crippen LogP contribution < -0.4 is 4.90 Å². The van der Waals surface area contributed by atoms with Gasteiger partial charge in [0.1, 0.15) is 5.52 Å². The minimum absolute atomic E-state index is 0.128. The molecular formula is C24H23FN6O. The lowest BCUT2D eigenvalue weighted by atomic mass is 10.1. The molecule has 8 heteroatoms. The Balaban J connectivity index is 1.24. The maximum atomic E-state index is 13.9. The van der Waals surface area contributed by atoms with Gasteiger partial charge in [0.15, 0.2) is 17.1 Å². The topological polar surface area (TPSA) is 54.7 Å². The smallest absolute Gasteiger partial charge is 0.298 e. The summed E-state index contributed by atoms with van der Waals surface area (Å²) in [5.74, 6) is -0.383. The maximum Gasteiger partial charge on any atom is 0.298 e. The molecule has 7 nitrogen and oxygen atoms in total. The number of rotatable bonds is 5. The number of fused-ring (bicyclic) bond motifs is 1. The zero-order chi connectivity index (χ0) is 22.1. The van der Waals surface area contributed by atoms with Crippen LogP contribution in [-0.2, 0) is 6.54 Å². The second kappa shape index (κ2) is 8.44. The fourth-order valence-electron chi connectivity index (χ4n) is 4.16. The van der Waals surface area contributed by atoms with Crippen LogP contribution in [0.5, 0.6) is 0 Å². The molecule has 4 aromatic rings. The molecule has 1 aliphatic rings. The first-order valence-electron chi connectivity index (χ1n) is 10.6. The molecular weight excluding hydrogens is 407 g/mol. The van der Waals surface area contributed by atoms with Crippen LogP contribution in [0.2, 0.25) is 0 Å². The molecule has 0 radical (unpaired) electrons. The number of halogens is 1. The molecule has 0 N–H and O–H groups in total. The molecule has 3 heterocycles. The van der Waals surface area contributed by atoms with Crippen molar-refractivity contribution in [3.63, 3.8) is 0 Å². The summed E-state index contributed by atoms with van der Waals surface area (Å²) in [4.78, 5) is 16.7. The second-order valence-electron chi connectivity index (χ2n) is 8.02. The second-order valence-corrected chi connectivity index (χ2v) is 8.02. The Morgan fingerprint density at radius 2 is 1.91 bits per heavy atom. The first-order chi connectivity index (χ1) is 15.6. The van der Waals surface area contributed by atoms with Gasteiger partial charge in [0.25, 0.3) is 6.01 Å². The standard InChI is InChI=1S/C24H23FN6O/c1-17(18-6-8-19(26-2)9-7-18)31-16-27-14-20(31)15-29-10-12-30(13-11-29)24-28-22-5-3-4-21(25)23(22)32-24/h3-9,14,16-17H,10-13,15H2,1H3/t17-/m1/s1. The number of benzene rings is 2. The van der Waals surface area contributed by atoms with Crippen LogP contribution in [0.4, 0.5) is 16.1 Å². The van der Waals surface area contributed by atoms with E-state index in [1.165, 1.54) is 6.07 Å². The SMILES string of the molecule is [C-]#[N+]c1ccc([C@@H](C)n2cncc2CN2CCN(c3nc4cccc(F)c4o3)CC2)cc1. The van der Waals surface area contributed by atoms with Crippen LogP contribution in [0.25, 0.3) is 15.9 Å². The Labute approximate surface area is 185 Å². The quantitative estimate of drug-likeness (QED) is 0.432. The van der Waals surface area contributed by atoms with Crippen molar-refractivity contribution in [3.8, 4) is 0 Å². The number of aromatic nitrogens is 3. The molecule has 0 saturated carbocycles. The molecule has 1 aliphatic heterocycles. The molecule has 0 aliphatic carbocycles. The van der Waals surface area contributed by atoms with E-state index in [0.29, 0.717) is 17.2 Å². The number of para-hydroxylation sites is 1. The number of imidazole rings is 1. The Morgan fingerprint density at radius 3 is 2.62 bits per heavy atom. The molecule has 1 atom stereocenters. The largest absolute Gasteiger partial charge is 0.420 e. The summed E-state index contributed by atoms with van der Waals surface area (Å²) in [6, 6.07) is 13.1. The molecule has 32 heavy (non-hydrogen) atoms. The van der Waals surface area contributed by atoms with E-state index in [1.807, 2.05) is 36.8 Å². The molecule has 0 amide bonds. The van der Waals surface area contributed by atoms with E-state index < -0.39 is 0 Å². The summed E-state index contributed by atoms with van der Waals surface area (Å²) < 4.78 is 21.8. The van der Waals surface area contributed by atoms with E-state index in [1.54, 1.807) is 12.1 Å². The third-order valence-electron chi connectivity index (χ3n) is 6.05. The number of hydrogen-bond donors (Lipinski definition) is 0. The van der Waals surface area contributed by atoms with Crippen molar-refractivity contribution in [1.29, 1.82) is 0 Å². The van der Waals surface area contributed by atoms with E-state index in [-0.39, 0.29) is 17.4 Å². The molecule has 162 valence electrons. The minimum atomic E-state index is -0.383. The monoisotopic (exact) mass is 430 g/mol. The van der Waals surface area contributed by atoms with Crippen molar-refractivity contribution in [2.24, 2.45) is 0 Å². The number of piperazine rings is 1. The zero-order valence-electron chi connectivity index (χ0n) is 17.8. The van der Waals surface area contributed by atoms with Crippen LogP contribution in [0.15, 0.2) is 59.4 Å². The Morgan fingerprint density at radius 1 is 1.12 bits per heavy atom. The molecule has 0 unspecified atom stereocenters. The van der Waals surface area contributed by atoms with Gasteiger partial charge in [-0.05, 0) is 24.6 Å². The van der Waals surface area contributed by atoms with Crippen molar-refractivity contribution in [2.45, 2.75) is 19.5 Å². The molecule has 1 fully saturated rings. The third kappa shape index (κ3) is 3.83. The maximum absolute atomic E-state index is 13.9. The summed E-state index contributed by atoms with van der Waals surface area (Å²) in [6.45, 7) is 13.3. The highest BCUT2D eigenvalue weighted by Crippen LogP contribution is 2.26. The van der Waals surface area contributed by atoms with Crippen molar-refractivity contribution in [2.75, 3.05) is 31.1 Å². The minimum Gasteiger partial charge on any atom is -0.420 e. The average Bonchev–Trinajstić information content (AvgIpc) is 3.47. The van der Waals surface area contributed by atoms with Crippen LogP contribution >= 0.6 is 0 Å². The normalized spacial score (nSPS) is 15.7. The lowest BCUT2D eigenvalue weighted by molar-refractivity contribution is 0.239. The highest BCUT2D eigenvalue weighted by Gasteiger charge is 2.23. The number of anilines is 1. The lowest BCUT2D eigenvalue weighted by Gasteiger charge is -2.34. The van der Waals surface area contributed by atoms with Crippen LogP contribution in [0, 0.1) is 12.4 Å². The van der Waals surface area contributed by atoms with Crippen LogP contribution in [-0.4, -0.2) is 45.6 Å². The number of hydrogen-bond acceptors (Lipinski definition) is 5. The van der Waals surface area contributed by atoms with Crippen molar-refractivity contribution < 1.29 is 8.81 Å². The van der Waals surface area contributed by atoms with Gasteiger partial charge in [-0.3, -0.25) is 4.90 Å². The first kappa shape index (κ1) is 20.2. The van der Waals surface area contributed by atoms with Gasteiger partial charge in [0, 0.05) is 38.9 Å². The molecule has 1 saturated heterocycles. The fourth-order valence-corrected chi connectivity index (χ4v) is 4.16. The summed E-state index contributed by atoms with van der Waals surface area (Å²) in [7, 11) is 0. The molecule has 5 rings (SSSR count). The van der Waals surface area contributed by atoms with Gasteiger partial charge < -0.3 is 13.9 Å². The Bertz CT molecular complexity index is 1260. The summed E-state index contributed by atoms with van der Waals surface area (Å²) in [5.41, 5.74) is 3.69. The highest BCUT2D eigenvalue weighted by molar-refractivity contribution is 5.75. The van der Waals surface area contributed by atoms with Crippen molar-refractivity contribution in [3.05, 3.63) is 83.5 Å². The van der Waals surface area contributed by atoms with Gasteiger partial charge in [-0.25, -0.2) is 14.2 Å². The lowest BCUT2D eigenvalue weighted by Crippen LogP contribution is -2.46. The van der Waals surface area contributed by atoms with Gasteiger partial charge in [0.2, 0.25) is 0 Å². The van der Waals surface area contributed by atoms with E-state index in [9.17, 15) is 4.39 Å². The van der Waals surface area contributed by atoms with E-state index in [2.05, 4.69) is 36.1 Å². The van der Waals surface area contributed by atoms with Crippen molar-refractivity contribution in [1.82, 2.24) is 19.4 Å². The fraction of sp³-hybridized carbons (Fsp3) is 0.292. The van der Waals surface area contributed by atoms with Crippen molar-refractivity contribution >= 4 is 22.8 Å². The van der Waals surface area contributed by atoms with Crippen LogP contribution in [0.1, 0.15) is 24.2 Å². The van der Waals surface area contributed by atoms with E-state index in [0.717, 1.165) is 44.0 Å². The third-order valence-corrected chi connectivity index (χ3v) is 6.05. The summed E-state index contributed by atoms with van der Waals surface area (Å²) in [5, 5.41) is 0. The highest BCUT2D eigenvalue weighted by atomic mass is 19.1. The Kier molecular flexibility index (Phi) is 5.33. The van der Waals surface area contributed by atoms with Gasteiger partial charge >= 0.3 is 0 Å². The number of nitrogens with zero attached hydrogens (tertiary/aromatic N) is 6. The molecule has 0 spiro atoms. The summed E-state index contributed by atoms with van der Waals surface area (Å²) >= 11 is 0. The molecule has 2 aromatic heterocycles. The zero-order valence-corrected chi connectivity index (χ0v) is 17.8. The van der Waals surface area contributed by atoms with Gasteiger partial charge in [-0.15, -0.1) is 0 Å². The van der Waals surface area contributed by atoms with E-state index in [4.69, 9.17) is 11.0 Å².